The lowest BCUT2D eigenvalue weighted by Crippen LogP contribution is -2.48. The largest absolute Gasteiger partial charge is 0.467 e. The monoisotopic (exact) mass is 331 g/mol. The van der Waals surface area contributed by atoms with Crippen molar-refractivity contribution < 1.29 is 18.4 Å². The number of nitrogens with zero attached hydrogens (tertiary/aromatic N) is 2. The maximum atomic E-state index is 13.0. The Morgan fingerprint density at radius 2 is 1.79 bits per heavy atom. The molecule has 0 aromatic carbocycles. The molecule has 128 valence electrons. The van der Waals surface area contributed by atoms with Crippen molar-refractivity contribution in [2.75, 3.05) is 13.1 Å². The second-order valence-corrected chi connectivity index (χ2v) is 5.98. The maximum absolute atomic E-state index is 13.0. The molecule has 7 heteroatoms. The number of likely N-dealkylation sites (tertiary alicyclic amines) is 1. The first kappa shape index (κ1) is 16.2. The topological polar surface area (TPSA) is 92.9 Å². The summed E-state index contributed by atoms with van der Waals surface area (Å²) in [6.07, 6.45) is 4.69. The first-order valence-corrected chi connectivity index (χ1v) is 8.01. The summed E-state index contributed by atoms with van der Waals surface area (Å²) in [6, 6.07) is 6.77. The van der Waals surface area contributed by atoms with Crippen LogP contribution in [0, 0.1) is 5.92 Å². The molecule has 7 nitrogen and oxygen atoms in total. The zero-order chi connectivity index (χ0) is 16.9. The minimum atomic E-state index is -0.476. The lowest BCUT2D eigenvalue weighted by molar-refractivity contribution is -0.138. The van der Waals surface area contributed by atoms with Gasteiger partial charge in [-0.25, -0.2) is 4.79 Å². The van der Waals surface area contributed by atoms with Crippen molar-refractivity contribution in [3.8, 4) is 0 Å². The Morgan fingerprint density at radius 3 is 2.29 bits per heavy atom. The number of hydrogen-bond acceptors (Lipinski definition) is 4. The van der Waals surface area contributed by atoms with Gasteiger partial charge in [0.05, 0.1) is 31.5 Å². The molecular weight excluding hydrogens is 310 g/mol. The van der Waals surface area contributed by atoms with E-state index < -0.39 is 6.03 Å². The van der Waals surface area contributed by atoms with Crippen molar-refractivity contribution >= 4 is 11.9 Å². The van der Waals surface area contributed by atoms with Crippen LogP contribution >= 0.6 is 0 Å². The molecule has 3 rings (SSSR count). The third-order valence-corrected chi connectivity index (χ3v) is 4.25. The van der Waals surface area contributed by atoms with E-state index in [1.165, 1.54) is 4.90 Å². The van der Waals surface area contributed by atoms with Crippen LogP contribution in [0.5, 0.6) is 0 Å². The molecule has 0 unspecified atom stereocenters. The number of furan rings is 2. The summed E-state index contributed by atoms with van der Waals surface area (Å²) in [5.41, 5.74) is 5.36. The minimum Gasteiger partial charge on any atom is -0.467 e. The number of urea groups is 1. The lowest BCUT2D eigenvalue weighted by Gasteiger charge is -2.33. The molecule has 3 heterocycles. The number of nitrogens with two attached hydrogens (primary N) is 1. The van der Waals surface area contributed by atoms with E-state index in [4.69, 9.17) is 14.6 Å². The fourth-order valence-electron chi connectivity index (χ4n) is 3.03. The molecule has 0 spiro atoms. The average Bonchev–Trinajstić information content (AvgIpc) is 3.27. The van der Waals surface area contributed by atoms with Crippen LogP contribution < -0.4 is 5.73 Å². The van der Waals surface area contributed by atoms with Crippen molar-refractivity contribution in [2.45, 2.75) is 25.9 Å². The Balaban J connectivity index is 1.73. The fourth-order valence-corrected chi connectivity index (χ4v) is 3.03. The summed E-state index contributed by atoms with van der Waals surface area (Å²) in [5, 5.41) is 0. The van der Waals surface area contributed by atoms with E-state index in [0.29, 0.717) is 37.7 Å². The number of rotatable bonds is 5. The van der Waals surface area contributed by atoms with Gasteiger partial charge in [0.1, 0.15) is 11.5 Å². The summed E-state index contributed by atoms with van der Waals surface area (Å²) in [4.78, 5) is 27.6. The molecule has 0 radical (unpaired) electrons. The Labute approximate surface area is 140 Å². The molecule has 24 heavy (non-hydrogen) atoms. The molecule has 0 saturated carbocycles. The van der Waals surface area contributed by atoms with E-state index in [2.05, 4.69) is 0 Å². The van der Waals surface area contributed by atoms with Gasteiger partial charge in [-0.15, -0.1) is 0 Å². The standard InChI is InChI=1S/C17H21N3O4/c18-17(22)19-7-1-4-13(10-19)16(21)20(11-14-5-2-8-23-14)12-15-6-3-9-24-15/h2-3,5-6,8-9,13H,1,4,7,10-12H2,(H2,18,22)/t13-/m0/s1. The fraction of sp³-hybridized carbons (Fsp3) is 0.412. The van der Waals surface area contributed by atoms with Crippen LogP contribution in [0.2, 0.25) is 0 Å². The van der Waals surface area contributed by atoms with Gasteiger partial charge in [-0.3, -0.25) is 4.79 Å². The molecule has 3 amide bonds. The molecule has 1 aliphatic rings. The molecular formula is C17H21N3O4. The van der Waals surface area contributed by atoms with Gasteiger partial charge in [-0.1, -0.05) is 0 Å². The van der Waals surface area contributed by atoms with Crippen molar-refractivity contribution in [1.29, 1.82) is 0 Å². The molecule has 1 saturated heterocycles. The Kier molecular flexibility index (Phi) is 4.88. The molecule has 2 aromatic heterocycles. The van der Waals surface area contributed by atoms with E-state index in [9.17, 15) is 9.59 Å². The summed E-state index contributed by atoms with van der Waals surface area (Å²) in [6.45, 7) is 1.69. The van der Waals surface area contributed by atoms with Crippen LogP contribution in [-0.2, 0) is 17.9 Å². The highest BCUT2D eigenvalue weighted by Gasteiger charge is 2.31. The van der Waals surface area contributed by atoms with Crippen molar-refractivity contribution in [2.24, 2.45) is 11.7 Å². The van der Waals surface area contributed by atoms with Gasteiger partial charge < -0.3 is 24.4 Å². The predicted octanol–water partition coefficient (Wildman–Crippen LogP) is 2.19. The molecule has 0 bridgehead atoms. The number of primary amides is 1. The molecule has 1 fully saturated rings. The van der Waals surface area contributed by atoms with E-state index in [1.807, 2.05) is 12.1 Å². The smallest absolute Gasteiger partial charge is 0.314 e. The highest BCUT2D eigenvalue weighted by Crippen LogP contribution is 2.21. The van der Waals surface area contributed by atoms with Gasteiger partial charge in [0.25, 0.3) is 0 Å². The van der Waals surface area contributed by atoms with Crippen LogP contribution in [0.25, 0.3) is 0 Å². The first-order valence-electron chi connectivity index (χ1n) is 8.01. The highest BCUT2D eigenvalue weighted by atomic mass is 16.3. The van der Waals surface area contributed by atoms with Crippen LogP contribution in [0.4, 0.5) is 4.79 Å². The van der Waals surface area contributed by atoms with Gasteiger partial charge in [0.2, 0.25) is 5.91 Å². The number of carbonyl (C=O) groups excluding carboxylic acids is 2. The van der Waals surface area contributed by atoms with Gasteiger partial charge in [0, 0.05) is 13.1 Å². The Hall–Kier alpha value is -2.70. The van der Waals surface area contributed by atoms with E-state index in [0.717, 1.165) is 12.8 Å². The van der Waals surface area contributed by atoms with Crippen molar-refractivity contribution in [3.05, 3.63) is 48.3 Å². The Bertz CT molecular complexity index is 630. The summed E-state index contributed by atoms with van der Waals surface area (Å²) in [5.74, 6) is 1.14. The number of piperidine rings is 1. The normalized spacial score (nSPS) is 17.7. The zero-order valence-electron chi connectivity index (χ0n) is 13.4. The molecule has 1 atom stereocenters. The second kappa shape index (κ2) is 7.25. The minimum absolute atomic E-state index is 0.0197. The quantitative estimate of drug-likeness (QED) is 0.909. The van der Waals surface area contributed by atoms with Crippen LogP contribution in [0.3, 0.4) is 0 Å². The summed E-state index contributed by atoms with van der Waals surface area (Å²) in [7, 11) is 0. The van der Waals surface area contributed by atoms with Gasteiger partial charge in [-0.05, 0) is 37.1 Å². The lowest BCUT2D eigenvalue weighted by atomic mass is 9.96. The van der Waals surface area contributed by atoms with Gasteiger partial charge in [-0.2, -0.15) is 0 Å². The van der Waals surface area contributed by atoms with Gasteiger partial charge >= 0.3 is 6.03 Å². The molecule has 1 aliphatic heterocycles. The zero-order valence-corrected chi connectivity index (χ0v) is 13.4. The average molecular weight is 331 g/mol. The van der Waals surface area contributed by atoms with Crippen LogP contribution in [-0.4, -0.2) is 34.8 Å². The summed E-state index contributed by atoms with van der Waals surface area (Å²) >= 11 is 0. The summed E-state index contributed by atoms with van der Waals surface area (Å²) < 4.78 is 10.7. The van der Waals surface area contributed by atoms with Crippen LogP contribution in [0.1, 0.15) is 24.4 Å². The maximum Gasteiger partial charge on any atom is 0.314 e. The van der Waals surface area contributed by atoms with E-state index in [-0.39, 0.29) is 11.8 Å². The number of carbonyl (C=O) groups is 2. The third kappa shape index (κ3) is 3.79. The molecule has 2 aromatic rings. The van der Waals surface area contributed by atoms with Crippen LogP contribution in [0.15, 0.2) is 45.6 Å². The SMILES string of the molecule is NC(=O)N1CCC[C@H](C(=O)N(Cc2ccco2)Cc2ccco2)C1. The highest BCUT2D eigenvalue weighted by molar-refractivity contribution is 5.80. The van der Waals surface area contributed by atoms with Crippen molar-refractivity contribution in [1.82, 2.24) is 9.80 Å². The van der Waals surface area contributed by atoms with E-state index >= 15 is 0 Å². The first-order chi connectivity index (χ1) is 11.6. The second-order valence-electron chi connectivity index (χ2n) is 5.98. The molecule has 0 aliphatic carbocycles. The number of hydrogen-bond donors (Lipinski definition) is 1. The van der Waals surface area contributed by atoms with Crippen molar-refractivity contribution in [3.63, 3.8) is 0 Å². The number of amides is 3. The predicted molar refractivity (Wildman–Crippen MR) is 85.6 cm³/mol. The van der Waals surface area contributed by atoms with Gasteiger partial charge in [0.15, 0.2) is 0 Å². The van der Waals surface area contributed by atoms with E-state index in [1.54, 1.807) is 29.6 Å². The molecule has 2 N–H and O–H groups in total. The third-order valence-electron chi connectivity index (χ3n) is 4.25. The Morgan fingerprint density at radius 1 is 1.17 bits per heavy atom.